The van der Waals surface area contributed by atoms with Crippen LogP contribution in [0.25, 0.3) is 0 Å². The Hall–Kier alpha value is -1.17. The molecule has 3 N–H and O–H groups in total. The largest absolute Gasteiger partial charge is 0.506 e. The predicted octanol–water partition coefficient (Wildman–Crippen LogP) is 0.974. The van der Waals surface area contributed by atoms with Crippen LogP contribution in [0.4, 0.5) is 0 Å². The highest BCUT2D eigenvalue weighted by Gasteiger charge is 2.33. The van der Waals surface area contributed by atoms with Crippen LogP contribution >= 0.6 is 0 Å². The van der Waals surface area contributed by atoms with Crippen molar-refractivity contribution in [2.45, 2.75) is 26.3 Å². The van der Waals surface area contributed by atoms with Crippen LogP contribution in [0, 0.1) is 12.3 Å². The number of aromatic hydroxyl groups is 1. The van der Waals surface area contributed by atoms with E-state index in [-0.39, 0.29) is 17.8 Å². The van der Waals surface area contributed by atoms with E-state index in [1.54, 1.807) is 12.1 Å². The average molecular weight is 266 g/mol. The van der Waals surface area contributed by atoms with Gasteiger partial charge in [-0.05, 0) is 31.9 Å². The molecule has 2 rings (SSSR count). The fourth-order valence-electron chi connectivity index (χ4n) is 2.49. The minimum atomic E-state index is 0.0220. The molecule has 0 bridgehead atoms. The van der Waals surface area contributed by atoms with Gasteiger partial charge in [0.1, 0.15) is 5.75 Å². The molecular weight excluding hydrogens is 244 g/mol. The molecule has 106 valence electrons. The van der Waals surface area contributed by atoms with Crippen molar-refractivity contribution < 1.29 is 14.9 Å². The smallest absolute Gasteiger partial charge is 0.138 e. The molecule has 5 nitrogen and oxygen atoms in total. The maximum Gasteiger partial charge on any atom is 0.138 e. The van der Waals surface area contributed by atoms with Crippen LogP contribution in [-0.4, -0.2) is 41.6 Å². The number of rotatable bonds is 6. The van der Waals surface area contributed by atoms with Crippen molar-refractivity contribution in [3.63, 3.8) is 0 Å². The van der Waals surface area contributed by atoms with Gasteiger partial charge < -0.3 is 20.3 Å². The molecule has 5 heteroatoms. The number of aliphatic hydroxyl groups is 1. The van der Waals surface area contributed by atoms with Gasteiger partial charge in [-0.25, -0.2) is 0 Å². The Kier molecular flexibility index (Phi) is 4.74. The second-order valence-corrected chi connectivity index (χ2v) is 5.30. The molecule has 0 aromatic carbocycles. The second kappa shape index (κ2) is 6.32. The highest BCUT2D eigenvalue weighted by molar-refractivity contribution is 5.27. The minimum absolute atomic E-state index is 0.0220. The Morgan fingerprint density at radius 3 is 3.00 bits per heavy atom. The van der Waals surface area contributed by atoms with Gasteiger partial charge in [0.15, 0.2) is 0 Å². The monoisotopic (exact) mass is 266 g/mol. The molecule has 1 aliphatic rings. The third-order valence-electron chi connectivity index (χ3n) is 3.71. The third-order valence-corrected chi connectivity index (χ3v) is 3.71. The first-order valence-corrected chi connectivity index (χ1v) is 6.70. The summed E-state index contributed by atoms with van der Waals surface area (Å²) in [5.41, 5.74) is 1.58. The van der Waals surface area contributed by atoms with Crippen LogP contribution in [0.3, 0.4) is 0 Å². The van der Waals surface area contributed by atoms with E-state index in [1.165, 1.54) is 0 Å². The Bertz CT molecular complexity index is 417. The number of aryl methyl sites for hydroxylation is 1. The molecule has 0 aliphatic carbocycles. The van der Waals surface area contributed by atoms with Gasteiger partial charge >= 0.3 is 0 Å². The van der Waals surface area contributed by atoms with E-state index < -0.39 is 0 Å². The lowest BCUT2D eigenvalue weighted by Gasteiger charge is -2.26. The van der Waals surface area contributed by atoms with Gasteiger partial charge in [0.05, 0.1) is 12.3 Å². The zero-order valence-corrected chi connectivity index (χ0v) is 11.4. The lowest BCUT2D eigenvalue weighted by molar-refractivity contribution is 0.124. The lowest BCUT2D eigenvalue weighted by Crippen LogP contribution is -2.35. The Balaban J connectivity index is 1.90. The lowest BCUT2D eigenvalue weighted by atomic mass is 9.84. The summed E-state index contributed by atoms with van der Waals surface area (Å²) in [5.74, 6) is 0.219. The summed E-state index contributed by atoms with van der Waals surface area (Å²) < 4.78 is 5.44. The molecule has 1 aromatic rings. The highest BCUT2D eigenvalue weighted by Crippen LogP contribution is 2.31. The van der Waals surface area contributed by atoms with E-state index in [9.17, 15) is 5.11 Å². The van der Waals surface area contributed by atoms with Crippen LogP contribution in [0.1, 0.15) is 24.2 Å². The molecule has 1 fully saturated rings. The zero-order chi connectivity index (χ0) is 13.7. The van der Waals surface area contributed by atoms with E-state index in [2.05, 4.69) is 10.3 Å². The van der Waals surface area contributed by atoms with Gasteiger partial charge in [0.2, 0.25) is 0 Å². The second-order valence-electron chi connectivity index (χ2n) is 5.30. The molecule has 1 aromatic heterocycles. The van der Waals surface area contributed by atoms with Crippen LogP contribution in [0.15, 0.2) is 12.1 Å². The molecule has 2 heterocycles. The van der Waals surface area contributed by atoms with Crippen LogP contribution in [-0.2, 0) is 11.3 Å². The van der Waals surface area contributed by atoms with Gasteiger partial charge in [-0.1, -0.05) is 0 Å². The highest BCUT2D eigenvalue weighted by atomic mass is 16.5. The number of nitrogens with zero attached hydrogens (tertiary/aromatic N) is 1. The maximum absolute atomic E-state index is 9.73. The maximum atomic E-state index is 9.73. The number of aliphatic hydroxyl groups excluding tert-OH is 1. The first kappa shape index (κ1) is 14.2. The standard InChI is InChI=1S/C14H22N2O3/c1-11-2-3-13(18)12(16-11)8-15-9-14(4-6-17)5-7-19-10-14/h2-3,15,17-18H,4-10H2,1H3. The topological polar surface area (TPSA) is 74.6 Å². The van der Waals surface area contributed by atoms with Crippen molar-refractivity contribution in [3.8, 4) is 5.75 Å². The number of ether oxygens (including phenoxy) is 1. The summed E-state index contributed by atoms with van der Waals surface area (Å²) in [6.45, 7) is 4.83. The summed E-state index contributed by atoms with van der Waals surface area (Å²) in [5, 5.41) is 22.2. The molecule has 0 saturated carbocycles. The van der Waals surface area contributed by atoms with Gasteiger partial charge in [0.25, 0.3) is 0 Å². The minimum Gasteiger partial charge on any atom is -0.506 e. The van der Waals surface area contributed by atoms with Crippen molar-refractivity contribution in [1.82, 2.24) is 10.3 Å². The molecule has 19 heavy (non-hydrogen) atoms. The van der Waals surface area contributed by atoms with Crippen molar-refractivity contribution in [2.75, 3.05) is 26.4 Å². The van der Waals surface area contributed by atoms with E-state index in [1.807, 2.05) is 6.92 Å². The number of aromatic nitrogens is 1. The van der Waals surface area contributed by atoms with Crippen molar-refractivity contribution in [3.05, 3.63) is 23.5 Å². The number of nitrogens with one attached hydrogen (secondary N) is 1. The zero-order valence-electron chi connectivity index (χ0n) is 11.4. The quantitative estimate of drug-likeness (QED) is 0.715. The first-order chi connectivity index (χ1) is 9.15. The Morgan fingerprint density at radius 2 is 2.32 bits per heavy atom. The van der Waals surface area contributed by atoms with E-state index in [0.29, 0.717) is 18.8 Å². The predicted molar refractivity (Wildman–Crippen MR) is 71.9 cm³/mol. The van der Waals surface area contributed by atoms with Crippen LogP contribution in [0.2, 0.25) is 0 Å². The number of hydrogen-bond donors (Lipinski definition) is 3. The van der Waals surface area contributed by atoms with Crippen LogP contribution in [0.5, 0.6) is 5.75 Å². The summed E-state index contributed by atoms with van der Waals surface area (Å²) in [4.78, 5) is 4.31. The Morgan fingerprint density at radius 1 is 1.47 bits per heavy atom. The summed E-state index contributed by atoms with van der Waals surface area (Å²) in [6, 6.07) is 3.46. The van der Waals surface area contributed by atoms with Crippen LogP contribution < -0.4 is 5.32 Å². The number of hydrogen-bond acceptors (Lipinski definition) is 5. The van der Waals surface area contributed by atoms with Gasteiger partial charge in [-0.3, -0.25) is 4.98 Å². The van der Waals surface area contributed by atoms with E-state index in [4.69, 9.17) is 9.84 Å². The van der Waals surface area contributed by atoms with Crippen molar-refractivity contribution >= 4 is 0 Å². The molecule has 1 atom stereocenters. The summed E-state index contributed by atoms with van der Waals surface area (Å²) >= 11 is 0. The molecule has 1 unspecified atom stereocenters. The van der Waals surface area contributed by atoms with Gasteiger partial charge in [-0.15, -0.1) is 0 Å². The van der Waals surface area contributed by atoms with E-state index in [0.717, 1.165) is 31.7 Å². The molecule has 1 aliphatic heterocycles. The van der Waals surface area contributed by atoms with Gasteiger partial charge in [-0.2, -0.15) is 0 Å². The number of pyridine rings is 1. The molecule has 0 spiro atoms. The van der Waals surface area contributed by atoms with E-state index >= 15 is 0 Å². The fourth-order valence-corrected chi connectivity index (χ4v) is 2.49. The SMILES string of the molecule is Cc1ccc(O)c(CNCC2(CCO)CCOC2)n1. The van der Waals surface area contributed by atoms with Crippen molar-refractivity contribution in [2.24, 2.45) is 5.41 Å². The summed E-state index contributed by atoms with van der Waals surface area (Å²) in [7, 11) is 0. The molecule has 1 saturated heterocycles. The fraction of sp³-hybridized carbons (Fsp3) is 0.643. The molecule has 0 amide bonds. The first-order valence-electron chi connectivity index (χ1n) is 6.70. The Labute approximate surface area is 113 Å². The average Bonchev–Trinajstić information content (AvgIpc) is 2.83. The van der Waals surface area contributed by atoms with Crippen molar-refractivity contribution in [1.29, 1.82) is 0 Å². The summed E-state index contributed by atoms with van der Waals surface area (Å²) in [6.07, 6.45) is 1.71. The normalized spacial score (nSPS) is 22.8. The third kappa shape index (κ3) is 3.65. The molecule has 0 radical (unpaired) electrons. The molecular formula is C14H22N2O3. The van der Waals surface area contributed by atoms with Gasteiger partial charge in [0, 0.05) is 37.4 Å².